The molecule has 0 fully saturated rings. The highest BCUT2D eigenvalue weighted by molar-refractivity contribution is 6.08. The van der Waals surface area contributed by atoms with Crippen molar-refractivity contribution in [2.24, 2.45) is 0 Å². The van der Waals surface area contributed by atoms with Crippen LogP contribution in [0.4, 0.5) is 11.4 Å². The number of amides is 2. The largest absolute Gasteiger partial charge is 0.496 e. The van der Waals surface area contributed by atoms with Crippen LogP contribution in [0.3, 0.4) is 0 Å². The minimum absolute atomic E-state index is 0.0296. The van der Waals surface area contributed by atoms with Crippen LogP contribution in [-0.4, -0.2) is 26.0 Å². The van der Waals surface area contributed by atoms with E-state index in [4.69, 9.17) is 9.47 Å². The molecule has 0 bridgehead atoms. The number of carbonyl (C=O) groups excluding carboxylic acids is 2. The van der Waals surface area contributed by atoms with Crippen molar-refractivity contribution in [3.05, 3.63) is 48.0 Å². The van der Waals surface area contributed by atoms with Crippen LogP contribution in [0.2, 0.25) is 0 Å². The maximum Gasteiger partial charge on any atom is 0.263 e. The number of methoxy groups -OCH3 is 2. The van der Waals surface area contributed by atoms with Crippen LogP contribution < -0.4 is 20.1 Å². The lowest BCUT2D eigenvalue weighted by molar-refractivity contribution is -0.116. The number of benzene rings is 2. The third-order valence-electron chi connectivity index (χ3n) is 3.56. The van der Waals surface area contributed by atoms with E-state index in [2.05, 4.69) is 10.6 Å². The zero-order valence-electron chi connectivity index (χ0n) is 14.6. The number of hydrogen-bond donors (Lipinski definition) is 2. The molecule has 0 aliphatic rings. The molecule has 6 nitrogen and oxygen atoms in total. The second-order valence-electron chi connectivity index (χ2n) is 5.37. The van der Waals surface area contributed by atoms with Crippen LogP contribution in [0, 0.1) is 0 Å². The van der Waals surface area contributed by atoms with Gasteiger partial charge < -0.3 is 20.1 Å². The Balaban J connectivity index is 2.12. The zero-order valence-corrected chi connectivity index (χ0v) is 14.6. The van der Waals surface area contributed by atoms with Gasteiger partial charge in [-0.25, -0.2) is 0 Å². The smallest absolute Gasteiger partial charge is 0.263 e. The first-order valence-electron chi connectivity index (χ1n) is 8.01. The van der Waals surface area contributed by atoms with Crippen LogP contribution in [-0.2, 0) is 4.79 Å². The minimum atomic E-state index is -0.336. The molecule has 2 rings (SSSR count). The molecule has 2 aromatic carbocycles. The first kappa shape index (κ1) is 18.3. The Bertz CT molecular complexity index is 719. The summed E-state index contributed by atoms with van der Waals surface area (Å²) in [6.07, 6.45) is 1.27. The predicted molar refractivity (Wildman–Crippen MR) is 97.5 cm³/mol. The number of rotatable bonds is 7. The van der Waals surface area contributed by atoms with Gasteiger partial charge in [-0.2, -0.15) is 0 Å². The van der Waals surface area contributed by atoms with Crippen LogP contribution in [0.25, 0.3) is 0 Å². The van der Waals surface area contributed by atoms with Gasteiger partial charge in [0.05, 0.1) is 14.2 Å². The fourth-order valence-corrected chi connectivity index (χ4v) is 2.36. The molecular weight excluding hydrogens is 320 g/mol. The summed E-state index contributed by atoms with van der Waals surface area (Å²) in [5, 5.41) is 5.60. The Hall–Kier alpha value is -3.02. The van der Waals surface area contributed by atoms with E-state index in [1.807, 2.05) is 6.92 Å². The molecule has 0 aliphatic heterocycles. The molecule has 0 atom stereocenters. The van der Waals surface area contributed by atoms with Crippen LogP contribution in [0.1, 0.15) is 30.1 Å². The summed E-state index contributed by atoms with van der Waals surface area (Å²) >= 11 is 0. The third-order valence-corrected chi connectivity index (χ3v) is 3.56. The number of nitrogens with one attached hydrogen (secondary N) is 2. The Labute approximate surface area is 147 Å². The van der Waals surface area contributed by atoms with Crippen molar-refractivity contribution in [2.75, 3.05) is 24.9 Å². The summed E-state index contributed by atoms with van der Waals surface area (Å²) in [5.41, 5.74) is 1.62. The van der Waals surface area contributed by atoms with E-state index < -0.39 is 0 Å². The number of hydrogen-bond acceptors (Lipinski definition) is 4. The summed E-state index contributed by atoms with van der Waals surface area (Å²) < 4.78 is 10.5. The van der Waals surface area contributed by atoms with Gasteiger partial charge in [0.2, 0.25) is 5.91 Å². The highest BCUT2D eigenvalue weighted by Gasteiger charge is 2.18. The first-order chi connectivity index (χ1) is 12.1. The highest BCUT2D eigenvalue weighted by atomic mass is 16.5. The molecule has 25 heavy (non-hydrogen) atoms. The molecule has 0 aromatic heterocycles. The van der Waals surface area contributed by atoms with Gasteiger partial charge in [-0.15, -0.1) is 0 Å². The number of ether oxygens (including phenoxy) is 2. The summed E-state index contributed by atoms with van der Waals surface area (Å²) in [5.74, 6) is 0.496. The maximum absolute atomic E-state index is 12.6. The molecule has 2 N–H and O–H groups in total. The second kappa shape index (κ2) is 8.73. The number of anilines is 2. The van der Waals surface area contributed by atoms with E-state index in [0.29, 0.717) is 34.9 Å². The molecular formula is C19H22N2O4. The van der Waals surface area contributed by atoms with Gasteiger partial charge in [0, 0.05) is 17.8 Å². The van der Waals surface area contributed by atoms with Crippen LogP contribution >= 0.6 is 0 Å². The van der Waals surface area contributed by atoms with Gasteiger partial charge in [0.1, 0.15) is 17.1 Å². The van der Waals surface area contributed by atoms with Crippen molar-refractivity contribution in [3.8, 4) is 11.5 Å². The fraction of sp³-hybridized carbons (Fsp3) is 0.263. The van der Waals surface area contributed by atoms with Crippen molar-refractivity contribution in [3.63, 3.8) is 0 Å². The van der Waals surface area contributed by atoms with Gasteiger partial charge in [0.15, 0.2) is 0 Å². The summed E-state index contributed by atoms with van der Waals surface area (Å²) in [7, 11) is 3.00. The highest BCUT2D eigenvalue weighted by Crippen LogP contribution is 2.29. The fourth-order valence-electron chi connectivity index (χ4n) is 2.36. The van der Waals surface area contributed by atoms with E-state index in [-0.39, 0.29) is 11.8 Å². The number of carbonyl (C=O) groups is 2. The van der Waals surface area contributed by atoms with Crippen molar-refractivity contribution in [2.45, 2.75) is 19.8 Å². The molecule has 6 heteroatoms. The average molecular weight is 342 g/mol. The molecule has 2 aromatic rings. The summed E-state index contributed by atoms with van der Waals surface area (Å²) in [4.78, 5) is 24.2. The lowest BCUT2D eigenvalue weighted by Crippen LogP contribution is -2.15. The van der Waals surface area contributed by atoms with E-state index in [1.54, 1.807) is 42.5 Å². The van der Waals surface area contributed by atoms with E-state index >= 15 is 0 Å². The molecule has 0 unspecified atom stereocenters. The molecule has 0 spiro atoms. The third kappa shape index (κ3) is 4.73. The molecule has 0 saturated carbocycles. The molecule has 0 aliphatic carbocycles. The molecule has 2 amide bonds. The van der Waals surface area contributed by atoms with Gasteiger partial charge >= 0.3 is 0 Å². The Morgan fingerprint density at radius 3 is 1.88 bits per heavy atom. The van der Waals surface area contributed by atoms with Gasteiger partial charge in [-0.05, 0) is 42.8 Å². The molecule has 132 valence electrons. The monoisotopic (exact) mass is 342 g/mol. The van der Waals surface area contributed by atoms with Crippen molar-refractivity contribution < 1.29 is 19.1 Å². The van der Waals surface area contributed by atoms with Crippen molar-refractivity contribution in [1.29, 1.82) is 0 Å². The SMILES string of the molecule is CCCC(=O)Nc1ccc(NC(=O)c2c(OC)cccc2OC)cc1. The molecule has 0 radical (unpaired) electrons. The standard InChI is InChI=1S/C19H22N2O4/c1-4-6-17(22)20-13-9-11-14(12-10-13)21-19(23)18-15(24-2)7-5-8-16(18)25-3/h5,7-12H,4,6H2,1-3H3,(H,20,22)(H,21,23). The van der Waals surface area contributed by atoms with E-state index in [1.165, 1.54) is 14.2 Å². The quantitative estimate of drug-likeness (QED) is 0.804. The van der Waals surface area contributed by atoms with Crippen molar-refractivity contribution >= 4 is 23.2 Å². The van der Waals surface area contributed by atoms with Gasteiger partial charge in [0.25, 0.3) is 5.91 Å². The van der Waals surface area contributed by atoms with Crippen LogP contribution in [0.15, 0.2) is 42.5 Å². The Kier molecular flexibility index (Phi) is 6.39. The van der Waals surface area contributed by atoms with Gasteiger partial charge in [-0.3, -0.25) is 9.59 Å². The minimum Gasteiger partial charge on any atom is -0.496 e. The average Bonchev–Trinajstić information content (AvgIpc) is 2.62. The lowest BCUT2D eigenvalue weighted by atomic mass is 10.1. The topological polar surface area (TPSA) is 76.7 Å². The second-order valence-corrected chi connectivity index (χ2v) is 5.37. The maximum atomic E-state index is 12.6. The van der Waals surface area contributed by atoms with E-state index in [0.717, 1.165) is 6.42 Å². The zero-order chi connectivity index (χ0) is 18.2. The predicted octanol–water partition coefficient (Wildman–Crippen LogP) is 3.69. The molecule has 0 saturated heterocycles. The first-order valence-corrected chi connectivity index (χ1v) is 8.01. The van der Waals surface area contributed by atoms with Crippen LogP contribution in [0.5, 0.6) is 11.5 Å². The summed E-state index contributed by atoms with van der Waals surface area (Å²) in [6.45, 7) is 1.95. The van der Waals surface area contributed by atoms with Gasteiger partial charge in [-0.1, -0.05) is 13.0 Å². The van der Waals surface area contributed by atoms with Crippen molar-refractivity contribution in [1.82, 2.24) is 0 Å². The lowest BCUT2D eigenvalue weighted by Gasteiger charge is -2.13. The molecule has 0 heterocycles. The Morgan fingerprint density at radius 2 is 1.40 bits per heavy atom. The summed E-state index contributed by atoms with van der Waals surface area (Å²) in [6, 6.07) is 12.1. The Morgan fingerprint density at radius 1 is 0.880 bits per heavy atom. The van der Waals surface area contributed by atoms with E-state index in [9.17, 15) is 9.59 Å². The normalized spacial score (nSPS) is 10.0.